The van der Waals surface area contributed by atoms with Gasteiger partial charge in [0.25, 0.3) is 0 Å². The molecule has 23 nitrogen and oxygen atoms in total. The second-order valence-electron chi connectivity index (χ2n) is 25.4. The zero-order chi connectivity index (χ0) is 64.7. The Morgan fingerprint density at radius 1 is 0.816 bits per heavy atom. The quantitative estimate of drug-likeness (QED) is 0.0407. The molecule has 2 aliphatic heterocycles. The van der Waals surface area contributed by atoms with Crippen LogP contribution in [0.25, 0.3) is 0 Å². The van der Waals surface area contributed by atoms with Gasteiger partial charge in [0, 0.05) is 109 Å². The van der Waals surface area contributed by atoms with E-state index < -0.39 is 89.6 Å². The molecule has 3 aliphatic rings. The fourth-order valence-corrected chi connectivity index (χ4v) is 12.8. The highest BCUT2D eigenvalue weighted by atomic mass is 16.5. The Hall–Kier alpha value is -5.88. The molecule has 2 bridgehead atoms. The Kier molecular flexibility index (Phi) is 30.9. The molecule has 7 amide bonds. The van der Waals surface area contributed by atoms with Crippen LogP contribution in [0.3, 0.4) is 0 Å². The number of hydrogen-bond donors (Lipinski definition) is 8. The van der Waals surface area contributed by atoms with Gasteiger partial charge in [-0.3, -0.25) is 43.2 Å². The molecule has 1 aliphatic carbocycles. The average molecular weight is 1230 g/mol. The highest BCUT2D eigenvalue weighted by molar-refractivity contribution is 5.97. The highest BCUT2D eigenvalue weighted by Gasteiger charge is 2.46. The number of carbonyl (C=O) groups is 10. The molecule has 4 rings (SSSR count). The van der Waals surface area contributed by atoms with E-state index in [1.54, 1.807) is 69.0 Å². The average Bonchev–Trinajstić information content (AvgIpc) is 2.34. The number of benzene rings is 1. The van der Waals surface area contributed by atoms with Gasteiger partial charge in [-0.25, -0.2) is 4.79 Å². The zero-order valence-corrected chi connectivity index (χ0v) is 53.6. The maximum absolute atomic E-state index is 14.5. The summed E-state index contributed by atoms with van der Waals surface area (Å²) in [7, 11) is 4.86. The third kappa shape index (κ3) is 22.6. The number of hydrogen-bond acceptors (Lipinski definition) is 15. The third-order valence-corrected chi connectivity index (χ3v) is 18.2. The molecule has 2 unspecified atom stereocenters. The molecular weight excluding hydrogens is 1120 g/mol. The lowest BCUT2D eigenvalue weighted by molar-refractivity contribution is -0.149. The number of nitrogens with one attached hydrogen (secondary N) is 5. The molecule has 1 saturated carbocycles. The number of fused-ring (bicyclic) bond motifs is 2. The summed E-state index contributed by atoms with van der Waals surface area (Å²) in [6.45, 7) is 15.3. The maximum Gasteiger partial charge on any atom is 0.312 e. The number of piperidine rings is 1. The number of rotatable bonds is 41. The van der Waals surface area contributed by atoms with Crippen LogP contribution in [0, 0.1) is 53.3 Å². The van der Waals surface area contributed by atoms with Gasteiger partial charge in [0.15, 0.2) is 11.6 Å². The Bertz CT molecular complexity index is 2440. The second kappa shape index (κ2) is 36.6. The van der Waals surface area contributed by atoms with Crippen LogP contribution in [-0.4, -0.2) is 182 Å². The largest absolute Gasteiger partial charge is 0.481 e. The number of nitrogens with two attached hydrogens (primary N) is 1. The predicted molar refractivity (Wildman–Crippen MR) is 328 cm³/mol. The normalized spacial score (nSPS) is 20.7. The molecule has 9 N–H and O–H groups in total. The fourth-order valence-electron chi connectivity index (χ4n) is 12.8. The summed E-state index contributed by atoms with van der Waals surface area (Å²) in [6, 6.07) is 4.60. The van der Waals surface area contributed by atoms with Crippen LogP contribution in [0.2, 0.25) is 0 Å². The summed E-state index contributed by atoms with van der Waals surface area (Å²) in [4.78, 5) is 135. The number of carbonyl (C=O) groups excluding carboxylic acids is 9. The van der Waals surface area contributed by atoms with Gasteiger partial charge in [-0.1, -0.05) is 73.9 Å². The van der Waals surface area contributed by atoms with Crippen molar-refractivity contribution in [3.05, 3.63) is 29.8 Å². The van der Waals surface area contributed by atoms with Crippen molar-refractivity contribution in [3.8, 4) is 0 Å². The van der Waals surface area contributed by atoms with Gasteiger partial charge >= 0.3 is 12.0 Å². The van der Waals surface area contributed by atoms with Crippen molar-refractivity contribution in [1.82, 2.24) is 31.1 Å². The standard InChI is InChI=1S/C64H104N8O15/c1-12-39(6)59(71(9)62(81)48(37(2)3)34-52(76)58-44-19-22-47(32-44)68-58)53(85-10)35-56(79)72-26-14-16-49(72)60(86-11)41(8)50(74)31-43(36-73)30-42-17-20-46(21-18-42)69-61(80)45(15-13-24-67-64(65)84)33-51(75)57(38(4)5)70-54(77)23-27-87-28-25-66-55(78)29-40(7)63(82)83/h17-18,20-21,37-41,43-45,47-49,53,57-60,68,73H,12-16,19,22-36H2,1-11H3,(H,66,78)(H,69,80)(H,70,77)(H,82,83)(H3,65,67,84)/t39-,40?,41-,43+,44-,45+,47-,48-,49-,53+,57?,58-,59-,60+/m0/s1. The lowest BCUT2D eigenvalue weighted by Gasteiger charge is -2.41. The second-order valence-corrected chi connectivity index (χ2v) is 25.4. The van der Waals surface area contributed by atoms with Gasteiger partial charge in [0.1, 0.15) is 5.78 Å². The molecule has 1 aromatic rings. The number of anilines is 1. The highest BCUT2D eigenvalue weighted by Crippen LogP contribution is 2.38. The molecule has 87 heavy (non-hydrogen) atoms. The van der Waals surface area contributed by atoms with E-state index in [-0.39, 0.29) is 131 Å². The monoisotopic (exact) mass is 1220 g/mol. The summed E-state index contributed by atoms with van der Waals surface area (Å²) >= 11 is 0. The van der Waals surface area contributed by atoms with Gasteiger partial charge < -0.3 is 66.5 Å². The van der Waals surface area contributed by atoms with E-state index in [4.69, 9.17) is 25.1 Å². The van der Waals surface area contributed by atoms with Crippen LogP contribution >= 0.6 is 0 Å². The van der Waals surface area contributed by atoms with Crippen molar-refractivity contribution < 1.29 is 72.4 Å². The number of Topliss-reactive ketones (excluding diaryl/α,β-unsaturated/α-hetero) is 3. The molecule has 3 fully saturated rings. The number of ether oxygens (including phenoxy) is 3. The zero-order valence-electron chi connectivity index (χ0n) is 53.6. The minimum atomic E-state index is -1.08. The lowest BCUT2D eigenvalue weighted by Crippen LogP contribution is -2.54. The first-order valence-corrected chi connectivity index (χ1v) is 31.6. The molecular formula is C64H104N8O15. The molecule has 0 aromatic heterocycles. The van der Waals surface area contributed by atoms with E-state index in [1.165, 1.54) is 14.0 Å². The van der Waals surface area contributed by atoms with Crippen LogP contribution in [0.5, 0.6) is 0 Å². The van der Waals surface area contributed by atoms with E-state index in [0.717, 1.165) is 31.2 Å². The molecule has 490 valence electrons. The maximum atomic E-state index is 14.5. The summed E-state index contributed by atoms with van der Waals surface area (Å²) in [6.07, 6.45) is 4.44. The first kappa shape index (κ1) is 73.6. The molecule has 14 atom stereocenters. The molecule has 0 spiro atoms. The summed E-state index contributed by atoms with van der Waals surface area (Å²) < 4.78 is 17.6. The van der Waals surface area contributed by atoms with Gasteiger partial charge in [-0.05, 0) is 98.7 Å². The van der Waals surface area contributed by atoms with E-state index in [1.807, 2.05) is 27.7 Å². The van der Waals surface area contributed by atoms with Crippen molar-refractivity contribution in [2.75, 3.05) is 66.0 Å². The summed E-state index contributed by atoms with van der Waals surface area (Å²) in [5.74, 6) is -6.58. The molecule has 23 heteroatoms. The number of amides is 7. The fraction of sp³-hybridized carbons (Fsp3) is 0.750. The Morgan fingerprint density at radius 3 is 2.09 bits per heavy atom. The summed E-state index contributed by atoms with van der Waals surface area (Å²) in [5.41, 5.74) is 6.48. The number of carboxylic acids is 1. The van der Waals surface area contributed by atoms with Crippen LogP contribution in [0.15, 0.2) is 24.3 Å². The van der Waals surface area contributed by atoms with Gasteiger partial charge in [0.05, 0.1) is 61.9 Å². The minimum Gasteiger partial charge on any atom is -0.481 e. The van der Waals surface area contributed by atoms with Crippen LogP contribution in [0.1, 0.15) is 151 Å². The Balaban J connectivity index is 1.34. The topological polar surface area (TPSA) is 331 Å². The number of aliphatic hydroxyl groups excluding tert-OH is 1. The van der Waals surface area contributed by atoms with Gasteiger partial charge in [-0.2, -0.15) is 0 Å². The number of methoxy groups -OCH3 is 2. The molecule has 0 radical (unpaired) electrons. The molecule has 1 aromatic carbocycles. The number of aliphatic hydroxyl groups is 1. The number of likely N-dealkylation sites (N-methyl/N-ethyl adjacent to an activating group) is 1. The number of nitrogens with zero attached hydrogens (tertiary/aromatic N) is 2. The number of carboxylic acid groups (broad SMARTS) is 1. The SMILES string of the molecule is CC[C@H](C)[C@@H]([C@@H](CC(=O)N1CCC[C@H]1[C@H](OC)[C@@H](C)C(=O)C[C@H](CO)Cc1ccc(NC(=O)[C@H](CCCNC(N)=O)CC(=O)C(NC(=O)CCOCCNC(=O)CC(C)C(=O)O)C(C)C)cc1)OC)N(C)C(=O)[C@@H](CC(=O)[C@H]1N[C@H]2CC[C@H]1C2)C(C)C. The van der Waals surface area contributed by atoms with Crippen molar-refractivity contribution in [2.45, 2.75) is 194 Å². The van der Waals surface area contributed by atoms with Crippen molar-refractivity contribution >= 4 is 64.6 Å². The number of ketones is 3. The molecule has 2 saturated heterocycles. The first-order valence-electron chi connectivity index (χ1n) is 31.6. The van der Waals surface area contributed by atoms with Crippen molar-refractivity contribution in [1.29, 1.82) is 0 Å². The van der Waals surface area contributed by atoms with Crippen LogP contribution < -0.4 is 32.3 Å². The van der Waals surface area contributed by atoms with Crippen LogP contribution in [0.4, 0.5) is 10.5 Å². The number of likely N-dealkylation sites (tertiary alicyclic amines) is 1. The van der Waals surface area contributed by atoms with Gasteiger partial charge in [-0.15, -0.1) is 0 Å². The van der Waals surface area contributed by atoms with E-state index in [2.05, 4.69) is 26.6 Å². The van der Waals surface area contributed by atoms with E-state index in [0.29, 0.717) is 49.9 Å². The number of primary amides is 1. The number of urea groups is 1. The predicted octanol–water partition coefficient (Wildman–Crippen LogP) is 4.83. The summed E-state index contributed by atoms with van der Waals surface area (Å²) in [5, 5.41) is 33.8. The molecule has 2 heterocycles. The van der Waals surface area contributed by atoms with Crippen molar-refractivity contribution in [3.63, 3.8) is 0 Å². The van der Waals surface area contributed by atoms with Gasteiger partial charge in [0.2, 0.25) is 29.5 Å². The minimum absolute atomic E-state index is 0.00282. The smallest absolute Gasteiger partial charge is 0.312 e. The third-order valence-electron chi connectivity index (χ3n) is 18.2. The van der Waals surface area contributed by atoms with Crippen LogP contribution in [-0.2, 0) is 63.8 Å². The van der Waals surface area contributed by atoms with Crippen molar-refractivity contribution in [2.24, 2.45) is 59.0 Å². The first-order chi connectivity index (χ1) is 41.2. The Labute approximate surface area is 515 Å². The van der Waals surface area contributed by atoms with E-state index >= 15 is 0 Å². The Morgan fingerprint density at radius 2 is 1.52 bits per heavy atom. The van der Waals surface area contributed by atoms with E-state index in [9.17, 15) is 53.1 Å². The lowest BCUT2D eigenvalue weighted by atomic mass is 9.83. The number of aliphatic carboxylic acids is 1.